The van der Waals surface area contributed by atoms with E-state index in [0.717, 1.165) is 16.7 Å². The van der Waals surface area contributed by atoms with Gasteiger partial charge in [0.25, 0.3) is 5.56 Å². The average Bonchev–Trinajstić information content (AvgIpc) is 3.43. The van der Waals surface area contributed by atoms with Crippen molar-refractivity contribution in [3.05, 3.63) is 135 Å². The van der Waals surface area contributed by atoms with Crippen LogP contribution >= 0.6 is 0 Å². The molecule has 1 aliphatic carbocycles. The summed E-state index contributed by atoms with van der Waals surface area (Å²) in [7, 11) is 4.68. The summed E-state index contributed by atoms with van der Waals surface area (Å²) in [6.07, 6.45) is 0. The molecular formula is C35H30N2O6. The molecule has 3 atom stereocenters. The minimum Gasteiger partial charge on any atom is -0.497 e. The number of aliphatic hydroxyl groups is 1. The standard InChI is InChI=1S/C35H30N2O6/c1-20-9-8-12-22(17-20)32-36-31-28(33(38)37-32)29(21-10-6-5-7-11-21)35(23-13-15-24(40-2)16-14-23)34(31,39)30-26(42-4)18-25(41-3)19-27(30)43-35/h5-19,29,39H,1-4H3,(H,36,37,38). The zero-order valence-corrected chi connectivity index (χ0v) is 24.2. The summed E-state index contributed by atoms with van der Waals surface area (Å²) in [5.41, 5.74) is 0.210. The van der Waals surface area contributed by atoms with Crippen LogP contribution < -0.4 is 24.5 Å². The molecule has 4 aromatic carbocycles. The molecular weight excluding hydrogens is 544 g/mol. The van der Waals surface area contributed by atoms with Gasteiger partial charge in [-0.25, -0.2) is 4.98 Å². The van der Waals surface area contributed by atoms with Crippen LogP contribution in [0.2, 0.25) is 0 Å². The molecule has 8 heteroatoms. The highest BCUT2D eigenvalue weighted by Crippen LogP contribution is 2.69. The summed E-state index contributed by atoms with van der Waals surface area (Å²) < 4.78 is 23.9. The Balaban J connectivity index is 1.63. The number of benzene rings is 4. The fourth-order valence-corrected chi connectivity index (χ4v) is 6.76. The van der Waals surface area contributed by atoms with Gasteiger partial charge in [-0.3, -0.25) is 4.79 Å². The van der Waals surface area contributed by atoms with Gasteiger partial charge in [-0.2, -0.15) is 0 Å². The molecule has 8 nitrogen and oxygen atoms in total. The van der Waals surface area contributed by atoms with Crippen LogP contribution in [0.3, 0.4) is 0 Å². The van der Waals surface area contributed by atoms with E-state index in [9.17, 15) is 9.90 Å². The number of aryl methyl sites for hydroxylation is 1. The summed E-state index contributed by atoms with van der Waals surface area (Å²) in [4.78, 5) is 22.3. The molecule has 1 aliphatic heterocycles. The van der Waals surface area contributed by atoms with Gasteiger partial charge in [0.15, 0.2) is 11.2 Å². The number of aromatic nitrogens is 2. The molecule has 7 rings (SSSR count). The number of fused-ring (bicyclic) bond motifs is 5. The van der Waals surface area contributed by atoms with E-state index >= 15 is 0 Å². The predicted molar refractivity (Wildman–Crippen MR) is 161 cm³/mol. The van der Waals surface area contributed by atoms with Crippen molar-refractivity contribution in [1.82, 2.24) is 9.97 Å². The van der Waals surface area contributed by atoms with E-state index in [4.69, 9.17) is 23.9 Å². The first-order valence-electron chi connectivity index (χ1n) is 13.9. The van der Waals surface area contributed by atoms with Gasteiger partial charge < -0.3 is 29.0 Å². The number of methoxy groups -OCH3 is 3. The first-order valence-corrected chi connectivity index (χ1v) is 13.9. The maximum Gasteiger partial charge on any atom is 0.255 e. The van der Waals surface area contributed by atoms with Crippen molar-refractivity contribution in [2.75, 3.05) is 21.3 Å². The number of hydrogen-bond acceptors (Lipinski definition) is 7. The van der Waals surface area contributed by atoms with Crippen molar-refractivity contribution in [2.45, 2.75) is 24.0 Å². The Labute approximate surface area is 248 Å². The Hall–Kier alpha value is -5.08. The molecule has 0 radical (unpaired) electrons. The van der Waals surface area contributed by atoms with Crippen molar-refractivity contribution in [3.63, 3.8) is 0 Å². The van der Waals surface area contributed by atoms with Crippen molar-refractivity contribution in [1.29, 1.82) is 0 Å². The molecule has 1 aromatic heterocycles. The number of aromatic amines is 1. The lowest BCUT2D eigenvalue weighted by Crippen LogP contribution is -2.49. The molecule has 0 bridgehead atoms. The fraction of sp³-hybridized carbons (Fsp3) is 0.200. The topological polar surface area (TPSA) is 103 Å². The second-order valence-electron chi connectivity index (χ2n) is 10.9. The largest absolute Gasteiger partial charge is 0.497 e. The van der Waals surface area contributed by atoms with Crippen LogP contribution in [0.4, 0.5) is 0 Å². The zero-order chi connectivity index (χ0) is 29.9. The SMILES string of the molecule is COc1ccc(C23Oc4cc(OC)cc(OC)c4C2(O)c2nc(-c4cccc(C)c4)[nH]c(=O)c2C3c2ccccc2)cc1. The van der Waals surface area contributed by atoms with E-state index in [2.05, 4.69) is 4.98 Å². The van der Waals surface area contributed by atoms with Crippen molar-refractivity contribution in [3.8, 4) is 34.4 Å². The second-order valence-corrected chi connectivity index (χ2v) is 10.9. The first-order chi connectivity index (χ1) is 20.8. The Morgan fingerprint density at radius 1 is 0.860 bits per heavy atom. The maximum absolute atomic E-state index is 14.3. The highest BCUT2D eigenvalue weighted by molar-refractivity contribution is 5.70. The maximum atomic E-state index is 14.3. The van der Waals surface area contributed by atoms with Crippen molar-refractivity contribution < 1.29 is 24.1 Å². The summed E-state index contributed by atoms with van der Waals surface area (Å²) in [5.74, 6) is 1.46. The van der Waals surface area contributed by atoms with Crippen molar-refractivity contribution >= 4 is 0 Å². The van der Waals surface area contributed by atoms with Crippen LogP contribution in [0, 0.1) is 6.92 Å². The second kappa shape index (κ2) is 9.74. The molecule has 0 saturated carbocycles. The third-order valence-corrected chi connectivity index (χ3v) is 8.60. The molecule has 2 aliphatic rings. The fourth-order valence-electron chi connectivity index (χ4n) is 6.76. The summed E-state index contributed by atoms with van der Waals surface area (Å²) in [6, 6.07) is 28.1. The van der Waals surface area contributed by atoms with E-state index in [-0.39, 0.29) is 11.3 Å². The number of nitrogens with one attached hydrogen (secondary N) is 1. The van der Waals surface area contributed by atoms with E-state index < -0.39 is 17.1 Å². The van der Waals surface area contributed by atoms with Gasteiger partial charge in [0.2, 0.25) is 0 Å². The van der Waals surface area contributed by atoms with Gasteiger partial charge in [0.05, 0.1) is 44.1 Å². The normalized spacial score (nSPS) is 21.4. The molecule has 0 saturated heterocycles. The predicted octanol–water partition coefficient (Wildman–Crippen LogP) is 5.44. The minimum atomic E-state index is -1.95. The van der Waals surface area contributed by atoms with Gasteiger partial charge >= 0.3 is 0 Å². The van der Waals surface area contributed by atoms with Gasteiger partial charge in [0.1, 0.15) is 28.8 Å². The number of ether oxygens (including phenoxy) is 4. The van der Waals surface area contributed by atoms with Crippen LogP contribution in [0.5, 0.6) is 23.0 Å². The Kier molecular flexibility index (Phi) is 6.07. The molecule has 3 unspecified atom stereocenters. The average molecular weight is 575 g/mol. The molecule has 5 aromatic rings. The molecule has 0 spiro atoms. The third kappa shape index (κ3) is 3.66. The first kappa shape index (κ1) is 26.8. The lowest BCUT2D eigenvalue weighted by molar-refractivity contribution is -0.0909. The number of rotatable bonds is 6. The lowest BCUT2D eigenvalue weighted by Gasteiger charge is -2.40. The molecule has 0 fully saturated rings. The summed E-state index contributed by atoms with van der Waals surface area (Å²) in [6.45, 7) is 1.97. The van der Waals surface area contributed by atoms with E-state index in [1.54, 1.807) is 26.4 Å². The molecule has 216 valence electrons. The van der Waals surface area contributed by atoms with E-state index in [0.29, 0.717) is 45.5 Å². The van der Waals surface area contributed by atoms with E-state index in [1.807, 2.05) is 85.8 Å². The van der Waals surface area contributed by atoms with Crippen molar-refractivity contribution in [2.24, 2.45) is 0 Å². The summed E-state index contributed by atoms with van der Waals surface area (Å²) in [5, 5.41) is 13.4. The van der Waals surface area contributed by atoms with Gasteiger partial charge in [-0.05, 0) is 30.7 Å². The van der Waals surface area contributed by atoms with Crippen LogP contribution in [0.15, 0.2) is 95.8 Å². The minimum absolute atomic E-state index is 0.208. The molecule has 2 heterocycles. The van der Waals surface area contributed by atoms with Gasteiger partial charge in [0, 0.05) is 23.3 Å². The summed E-state index contributed by atoms with van der Waals surface area (Å²) >= 11 is 0. The molecule has 2 N–H and O–H groups in total. The number of H-pyrrole nitrogens is 1. The lowest BCUT2D eigenvalue weighted by atomic mass is 9.70. The quantitative estimate of drug-likeness (QED) is 0.278. The number of hydrogen-bond donors (Lipinski definition) is 2. The smallest absolute Gasteiger partial charge is 0.255 e. The van der Waals surface area contributed by atoms with E-state index in [1.165, 1.54) is 7.11 Å². The van der Waals surface area contributed by atoms with Crippen LogP contribution in [0.1, 0.15) is 39.4 Å². The molecule has 0 amide bonds. The Morgan fingerprint density at radius 3 is 2.28 bits per heavy atom. The van der Waals surface area contributed by atoms with Crippen LogP contribution in [0.25, 0.3) is 11.4 Å². The van der Waals surface area contributed by atoms with Crippen LogP contribution in [-0.4, -0.2) is 36.4 Å². The zero-order valence-electron chi connectivity index (χ0n) is 24.2. The monoisotopic (exact) mass is 574 g/mol. The van der Waals surface area contributed by atoms with Gasteiger partial charge in [-0.1, -0.05) is 66.2 Å². The third-order valence-electron chi connectivity index (χ3n) is 8.60. The highest BCUT2D eigenvalue weighted by Gasteiger charge is 2.73. The van der Waals surface area contributed by atoms with Gasteiger partial charge in [-0.15, -0.1) is 0 Å². The number of nitrogens with zero attached hydrogens (tertiary/aromatic N) is 1. The molecule has 43 heavy (non-hydrogen) atoms. The Bertz CT molecular complexity index is 1920. The Morgan fingerprint density at radius 2 is 1.60 bits per heavy atom. The van der Waals surface area contributed by atoms with Crippen LogP contribution in [-0.2, 0) is 11.2 Å². The highest BCUT2D eigenvalue weighted by atomic mass is 16.5.